The van der Waals surface area contributed by atoms with Gasteiger partial charge in [-0.25, -0.2) is 0 Å². The molecule has 0 aliphatic rings. The van der Waals surface area contributed by atoms with Crippen molar-refractivity contribution in [3.63, 3.8) is 0 Å². The van der Waals surface area contributed by atoms with Gasteiger partial charge in [0.15, 0.2) is 11.5 Å². The van der Waals surface area contributed by atoms with Crippen LogP contribution in [0.25, 0.3) is 0 Å². The van der Waals surface area contributed by atoms with Gasteiger partial charge in [-0.1, -0.05) is 24.3 Å². The highest BCUT2D eigenvalue weighted by molar-refractivity contribution is 5.96. The summed E-state index contributed by atoms with van der Waals surface area (Å²) in [5, 5.41) is 0. The molecule has 0 fully saturated rings. The first-order valence-corrected chi connectivity index (χ1v) is 8.71. The van der Waals surface area contributed by atoms with E-state index in [1.807, 2.05) is 69.6 Å². The molecule has 2 aromatic rings. The minimum atomic E-state index is -0.208. The van der Waals surface area contributed by atoms with E-state index in [2.05, 4.69) is 4.90 Å². The highest BCUT2D eigenvalue weighted by Gasteiger charge is 2.22. The summed E-state index contributed by atoms with van der Waals surface area (Å²) in [6.45, 7) is 2.71. The fourth-order valence-electron chi connectivity index (χ4n) is 2.78. The highest BCUT2D eigenvalue weighted by Crippen LogP contribution is 2.27. The number of benzene rings is 2. The molecule has 0 aromatic heterocycles. The lowest BCUT2D eigenvalue weighted by atomic mass is 10.1. The minimum absolute atomic E-state index is 0.0750. The van der Waals surface area contributed by atoms with Crippen LogP contribution in [-0.2, 0) is 11.2 Å². The first kappa shape index (κ1) is 19.8. The minimum Gasteiger partial charge on any atom is -0.493 e. The molecule has 2 aromatic carbocycles. The Bertz CT molecular complexity index is 718. The van der Waals surface area contributed by atoms with Gasteiger partial charge in [0.25, 0.3) is 0 Å². The number of rotatable bonds is 8. The van der Waals surface area contributed by atoms with E-state index < -0.39 is 0 Å². The summed E-state index contributed by atoms with van der Waals surface area (Å²) >= 11 is 0. The number of ether oxygens (including phenoxy) is 2. The molecule has 1 unspecified atom stereocenters. The summed E-state index contributed by atoms with van der Waals surface area (Å²) in [4.78, 5) is 16.5. The van der Waals surface area contributed by atoms with Gasteiger partial charge < -0.3 is 14.4 Å². The molecule has 0 aliphatic heterocycles. The van der Waals surface area contributed by atoms with E-state index in [-0.39, 0.29) is 11.9 Å². The Kier molecular flexibility index (Phi) is 7.04. The van der Waals surface area contributed by atoms with Crippen LogP contribution in [0.15, 0.2) is 48.5 Å². The zero-order valence-corrected chi connectivity index (χ0v) is 16.2. The molecule has 26 heavy (non-hydrogen) atoms. The lowest BCUT2D eigenvalue weighted by Gasteiger charge is -2.28. The van der Waals surface area contributed by atoms with Crippen molar-refractivity contribution in [3.8, 4) is 11.5 Å². The van der Waals surface area contributed by atoms with Crippen molar-refractivity contribution < 1.29 is 14.3 Å². The topological polar surface area (TPSA) is 42.0 Å². The van der Waals surface area contributed by atoms with Crippen LogP contribution in [0.1, 0.15) is 12.5 Å². The summed E-state index contributed by atoms with van der Waals surface area (Å²) < 4.78 is 10.6. The van der Waals surface area contributed by atoms with Gasteiger partial charge in [0, 0.05) is 19.3 Å². The summed E-state index contributed by atoms with van der Waals surface area (Å²) in [6, 6.07) is 15.4. The van der Waals surface area contributed by atoms with Crippen molar-refractivity contribution in [1.82, 2.24) is 4.90 Å². The fraction of sp³-hybridized carbons (Fsp3) is 0.381. The molecular weight excluding hydrogens is 328 g/mol. The van der Waals surface area contributed by atoms with Crippen LogP contribution in [-0.4, -0.2) is 51.7 Å². The Morgan fingerprint density at radius 3 is 2.27 bits per heavy atom. The van der Waals surface area contributed by atoms with Gasteiger partial charge in [0.1, 0.15) is 0 Å². The number of methoxy groups -OCH3 is 2. The number of likely N-dealkylation sites (N-methyl/N-ethyl adjacent to an activating group) is 2. The van der Waals surface area contributed by atoms with Crippen molar-refractivity contribution >= 4 is 11.6 Å². The van der Waals surface area contributed by atoms with Crippen molar-refractivity contribution in [2.75, 3.05) is 39.8 Å². The molecule has 1 atom stereocenters. The van der Waals surface area contributed by atoms with E-state index in [4.69, 9.17) is 9.47 Å². The molecular formula is C21H28N2O3. The average molecular weight is 356 g/mol. The third-order valence-corrected chi connectivity index (χ3v) is 4.69. The first-order valence-electron chi connectivity index (χ1n) is 8.71. The molecule has 140 valence electrons. The van der Waals surface area contributed by atoms with Gasteiger partial charge in [0.2, 0.25) is 5.91 Å². The molecule has 0 saturated carbocycles. The molecule has 5 nitrogen and oxygen atoms in total. The van der Waals surface area contributed by atoms with Crippen molar-refractivity contribution in [2.24, 2.45) is 0 Å². The van der Waals surface area contributed by atoms with Crippen molar-refractivity contribution in [1.29, 1.82) is 0 Å². The van der Waals surface area contributed by atoms with Gasteiger partial charge in [-0.15, -0.1) is 0 Å². The number of carbonyl (C=O) groups is 1. The number of amides is 1. The Balaban J connectivity index is 1.96. The summed E-state index contributed by atoms with van der Waals surface area (Å²) in [7, 11) is 7.05. The standard InChI is InChI=1S/C21H28N2O3/c1-16(21(24)23(3)18-9-7-6-8-10-18)22(2)14-13-17-11-12-19(25-4)20(15-17)26-5/h6-12,15-16H,13-14H2,1-5H3. The maximum Gasteiger partial charge on any atom is 0.243 e. The molecule has 0 saturated heterocycles. The normalized spacial score (nSPS) is 11.9. The monoisotopic (exact) mass is 356 g/mol. The maximum atomic E-state index is 12.7. The second-order valence-corrected chi connectivity index (χ2v) is 6.33. The lowest BCUT2D eigenvalue weighted by Crippen LogP contribution is -2.44. The molecule has 0 N–H and O–H groups in total. The van der Waals surface area contributed by atoms with Gasteiger partial charge in [-0.2, -0.15) is 0 Å². The molecule has 2 rings (SSSR count). The van der Waals surface area contributed by atoms with E-state index in [0.29, 0.717) is 0 Å². The van der Waals surface area contributed by atoms with Crippen LogP contribution in [0, 0.1) is 0 Å². The maximum absolute atomic E-state index is 12.7. The van der Waals surface area contributed by atoms with Crippen LogP contribution in [0.4, 0.5) is 5.69 Å². The largest absolute Gasteiger partial charge is 0.493 e. The third-order valence-electron chi connectivity index (χ3n) is 4.69. The van der Waals surface area contributed by atoms with E-state index in [1.54, 1.807) is 19.1 Å². The van der Waals surface area contributed by atoms with Crippen LogP contribution in [0.2, 0.25) is 0 Å². The molecule has 0 heterocycles. The van der Waals surface area contributed by atoms with E-state index in [1.165, 1.54) is 0 Å². The Morgan fingerprint density at radius 2 is 1.65 bits per heavy atom. The zero-order valence-electron chi connectivity index (χ0n) is 16.2. The molecule has 5 heteroatoms. The average Bonchev–Trinajstić information content (AvgIpc) is 2.70. The fourth-order valence-corrected chi connectivity index (χ4v) is 2.78. The number of hydrogen-bond donors (Lipinski definition) is 0. The smallest absolute Gasteiger partial charge is 0.243 e. The van der Waals surface area contributed by atoms with Crippen LogP contribution < -0.4 is 14.4 Å². The van der Waals surface area contributed by atoms with Crippen LogP contribution >= 0.6 is 0 Å². The van der Waals surface area contributed by atoms with E-state index in [9.17, 15) is 4.79 Å². The third kappa shape index (κ3) is 4.76. The number of para-hydroxylation sites is 1. The molecule has 0 spiro atoms. The van der Waals surface area contributed by atoms with Gasteiger partial charge in [-0.3, -0.25) is 9.69 Å². The molecule has 1 amide bonds. The van der Waals surface area contributed by atoms with Gasteiger partial charge >= 0.3 is 0 Å². The number of carbonyl (C=O) groups excluding carboxylic acids is 1. The Hall–Kier alpha value is -2.53. The second kappa shape index (κ2) is 9.25. The van der Waals surface area contributed by atoms with Gasteiger partial charge in [-0.05, 0) is 50.2 Å². The van der Waals surface area contributed by atoms with Crippen molar-refractivity contribution in [3.05, 3.63) is 54.1 Å². The molecule has 0 radical (unpaired) electrons. The zero-order chi connectivity index (χ0) is 19.1. The summed E-state index contributed by atoms with van der Waals surface area (Å²) in [5.74, 6) is 1.52. The molecule has 0 bridgehead atoms. The van der Waals surface area contributed by atoms with E-state index >= 15 is 0 Å². The Labute approximate surface area is 156 Å². The Morgan fingerprint density at radius 1 is 1.00 bits per heavy atom. The first-order chi connectivity index (χ1) is 12.5. The predicted octanol–water partition coefficient (Wildman–Crippen LogP) is 3.23. The number of hydrogen-bond acceptors (Lipinski definition) is 4. The SMILES string of the molecule is COc1ccc(CCN(C)C(C)C(=O)N(C)c2ccccc2)cc1OC. The highest BCUT2D eigenvalue weighted by atomic mass is 16.5. The van der Waals surface area contributed by atoms with Crippen LogP contribution in [0.3, 0.4) is 0 Å². The number of anilines is 1. The molecule has 0 aliphatic carbocycles. The second-order valence-electron chi connectivity index (χ2n) is 6.33. The summed E-state index contributed by atoms with van der Waals surface area (Å²) in [6.07, 6.45) is 0.823. The van der Waals surface area contributed by atoms with Gasteiger partial charge in [0.05, 0.1) is 20.3 Å². The summed E-state index contributed by atoms with van der Waals surface area (Å²) in [5.41, 5.74) is 2.04. The number of nitrogens with zero attached hydrogens (tertiary/aromatic N) is 2. The van der Waals surface area contributed by atoms with Crippen LogP contribution in [0.5, 0.6) is 11.5 Å². The van der Waals surface area contributed by atoms with E-state index in [0.717, 1.165) is 35.7 Å². The van der Waals surface area contributed by atoms with Crippen molar-refractivity contribution in [2.45, 2.75) is 19.4 Å². The quantitative estimate of drug-likeness (QED) is 0.728. The lowest BCUT2D eigenvalue weighted by molar-refractivity contribution is -0.122. The predicted molar refractivity (Wildman–Crippen MR) is 105 cm³/mol.